The van der Waals surface area contributed by atoms with Gasteiger partial charge in [0.2, 0.25) is 17.7 Å². The van der Waals surface area contributed by atoms with Crippen LogP contribution in [0.5, 0.6) is 0 Å². The second kappa shape index (κ2) is 8.52. The summed E-state index contributed by atoms with van der Waals surface area (Å²) in [5, 5.41) is 5.56. The maximum Gasteiger partial charge on any atom is 0.248 e. The molecule has 0 saturated heterocycles. The van der Waals surface area contributed by atoms with Crippen LogP contribution in [-0.4, -0.2) is 24.3 Å². The van der Waals surface area contributed by atoms with E-state index in [0.717, 1.165) is 36.2 Å². The first kappa shape index (κ1) is 19.4. The highest BCUT2D eigenvalue weighted by atomic mass is 16.2. The maximum atomic E-state index is 12.2. The molecule has 3 rings (SSSR count). The zero-order valence-electron chi connectivity index (χ0n) is 16.0. The maximum absolute atomic E-state index is 12.2. The Balaban J connectivity index is 1.64. The number of amides is 3. The molecule has 6 nitrogen and oxygen atoms in total. The Kier molecular flexibility index (Phi) is 5.89. The third-order valence-corrected chi connectivity index (χ3v) is 4.50. The number of anilines is 3. The van der Waals surface area contributed by atoms with Crippen molar-refractivity contribution in [2.75, 3.05) is 22.1 Å². The van der Waals surface area contributed by atoms with Crippen LogP contribution in [0.1, 0.15) is 31.4 Å². The Morgan fingerprint density at radius 2 is 1.68 bits per heavy atom. The molecular weight excluding hydrogens is 354 g/mol. The number of fused-ring (bicyclic) bond motifs is 1. The number of nitrogens with one attached hydrogen (secondary N) is 2. The van der Waals surface area contributed by atoms with Gasteiger partial charge in [-0.2, -0.15) is 0 Å². The van der Waals surface area contributed by atoms with Crippen molar-refractivity contribution in [2.24, 2.45) is 0 Å². The predicted octanol–water partition coefficient (Wildman–Crippen LogP) is 3.60. The van der Waals surface area contributed by atoms with Crippen molar-refractivity contribution in [1.29, 1.82) is 0 Å². The second-order valence-corrected chi connectivity index (χ2v) is 6.74. The van der Waals surface area contributed by atoms with Crippen molar-refractivity contribution in [3.05, 3.63) is 59.7 Å². The largest absolute Gasteiger partial charge is 0.326 e. The van der Waals surface area contributed by atoms with Crippen molar-refractivity contribution in [3.8, 4) is 0 Å². The topological polar surface area (TPSA) is 78.5 Å². The van der Waals surface area contributed by atoms with Crippen LogP contribution < -0.4 is 15.5 Å². The molecule has 0 radical (unpaired) electrons. The van der Waals surface area contributed by atoms with E-state index in [1.807, 2.05) is 30.3 Å². The molecule has 3 amide bonds. The fourth-order valence-corrected chi connectivity index (χ4v) is 3.24. The first-order valence-electron chi connectivity index (χ1n) is 9.20. The van der Waals surface area contributed by atoms with Crippen molar-refractivity contribution in [2.45, 2.75) is 26.7 Å². The van der Waals surface area contributed by atoms with Crippen molar-refractivity contribution in [1.82, 2.24) is 0 Å². The summed E-state index contributed by atoms with van der Waals surface area (Å²) in [7, 11) is 0. The Morgan fingerprint density at radius 3 is 2.36 bits per heavy atom. The minimum absolute atomic E-state index is 0.0326. The van der Waals surface area contributed by atoms with E-state index in [4.69, 9.17) is 0 Å². The molecule has 0 fully saturated rings. The first-order chi connectivity index (χ1) is 13.4. The van der Waals surface area contributed by atoms with Gasteiger partial charge in [0.1, 0.15) is 0 Å². The third-order valence-electron chi connectivity index (χ3n) is 4.50. The Labute approximate surface area is 164 Å². The zero-order chi connectivity index (χ0) is 20.1. The zero-order valence-corrected chi connectivity index (χ0v) is 16.0. The highest BCUT2D eigenvalue weighted by Gasteiger charge is 2.20. The summed E-state index contributed by atoms with van der Waals surface area (Å²) in [5.41, 5.74) is 4.26. The highest BCUT2D eigenvalue weighted by Crippen LogP contribution is 2.29. The van der Waals surface area contributed by atoms with Gasteiger partial charge in [-0.1, -0.05) is 12.1 Å². The van der Waals surface area contributed by atoms with Gasteiger partial charge in [0.05, 0.1) is 0 Å². The smallest absolute Gasteiger partial charge is 0.248 e. The Bertz CT molecular complexity index is 933. The van der Waals surface area contributed by atoms with Crippen LogP contribution in [0, 0.1) is 0 Å². The Hall–Kier alpha value is -3.41. The number of aryl methyl sites for hydroxylation is 1. The summed E-state index contributed by atoms with van der Waals surface area (Å²) in [4.78, 5) is 36.8. The standard InChI is InChI=1S/C22H23N3O3/c1-15(26)23-19-8-5-17(6-9-19)7-12-22(28)24-20-10-11-21-18(14-20)4-3-13-25(21)16(2)27/h5-12,14H,3-4,13H2,1-2H3,(H,23,26)(H,24,28)/b12-7+. The monoisotopic (exact) mass is 377 g/mol. The van der Waals surface area contributed by atoms with Gasteiger partial charge >= 0.3 is 0 Å². The van der Waals surface area contributed by atoms with Gasteiger partial charge in [0.25, 0.3) is 0 Å². The van der Waals surface area contributed by atoms with Crippen LogP contribution in [0.25, 0.3) is 6.08 Å². The summed E-state index contributed by atoms with van der Waals surface area (Å²) in [6, 6.07) is 12.8. The second-order valence-electron chi connectivity index (χ2n) is 6.74. The minimum atomic E-state index is -0.231. The number of hydrogen-bond donors (Lipinski definition) is 2. The molecule has 6 heteroatoms. The average Bonchev–Trinajstić information content (AvgIpc) is 2.66. The van der Waals surface area contributed by atoms with E-state index >= 15 is 0 Å². The van der Waals surface area contributed by atoms with E-state index in [1.54, 1.807) is 30.0 Å². The van der Waals surface area contributed by atoms with Gasteiger partial charge in [0.15, 0.2) is 0 Å². The number of hydrogen-bond acceptors (Lipinski definition) is 3. The van der Waals surface area contributed by atoms with Crippen molar-refractivity contribution in [3.63, 3.8) is 0 Å². The molecule has 0 unspecified atom stereocenters. The summed E-state index contributed by atoms with van der Waals surface area (Å²) in [5.74, 6) is -0.325. The average molecular weight is 377 g/mol. The molecule has 1 heterocycles. The molecule has 1 aliphatic rings. The van der Waals surface area contributed by atoms with Gasteiger partial charge < -0.3 is 15.5 Å². The first-order valence-corrected chi connectivity index (χ1v) is 9.20. The fourth-order valence-electron chi connectivity index (χ4n) is 3.24. The lowest BCUT2D eigenvalue weighted by Crippen LogP contribution is -2.33. The molecule has 1 aliphatic heterocycles. The lowest BCUT2D eigenvalue weighted by atomic mass is 10.0. The van der Waals surface area contributed by atoms with E-state index in [-0.39, 0.29) is 17.7 Å². The van der Waals surface area contributed by atoms with Gasteiger partial charge in [-0.3, -0.25) is 14.4 Å². The van der Waals surface area contributed by atoms with Crippen LogP contribution in [0.3, 0.4) is 0 Å². The molecule has 28 heavy (non-hydrogen) atoms. The molecule has 0 saturated carbocycles. The van der Waals surface area contributed by atoms with Gasteiger partial charge in [0, 0.05) is 43.5 Å². The molecule has 0 spiro atoms. The predicted molar refractivity (Wildman–Crippen MR) is 111 cm³/mol. The third kappa shape index (κ3) is 4.85. The number of benzene rings is 2. The van der Waals surface area contributed by atoms with E-state index in [0.29, 0.717) is 11.4 Å². The van der Waals surface area contributed by atoms with Gasteiger partial charge in [-0.05, 0) is 60.4 Å². The van der Waals surface area contributed by atoms with Crippen molar-refractivity contribution < 1.29 is 14.4 Å². The molecule has 2 N–H and O–H groups in total. The molecular formula is C22H23N3O3. The van der Waals surface area contributed by atoms with E-state index in [1.165, 1.54) is 13.0 Å². The van der Waals surface area contributed by atoms with E-state index in [9.17, 15) is 14.4 Å². The molecule has 0 aromatic heterocycles. The van der Waals surface area contributed by atoms with E-state index in [2.05, 4.69) is 10.6 Å². The molecule has 2 aromatic rings. The summed E-state index contributed by atoms with van der Waals surface area (Å²) in [6.07, 6.45) is 4.98. The lowest BCUT2D eigenvalue weighted by molar-refractivity contribution is -0.117. The molecule has 0 atom stereocenters. The van der Waals surface area contributed by atoms with Crippen molar-refractivity contribution >= 4 is 40.9 Å². The van der Waals surface area contributed by atoms with Crippen LogP contribution in [0.4, 0.5) is 17.1 Å². The highest BCUT2D eigenvalue weighted by molar-refractivity contribution is 6.02. The van der Waals surface area contributed by atoms with E-state index < -0.39 is 0 Å². The molecule has 144 valence electrons. The lowest BCUT2D eigenvalue weighted by Gasteiger charge is -2.28. The SMILES string of the molecule is CC(=O)Nc1ccc(/C=C/C(=O)Nc2ccc3c(c2)CCCN3C(C)=O)cc1. The van der Waals surface area contributed by atoms with Gasteiger partial charge in [-0.15, -0.1) is 0 Å². The summed E-state index contributed by atoms with van der Waals surface area (Å²) in [6.45, 7) is 3.76. The van der Waals surface area contributed by atoms with Gasteiger partial charge in [-0.25, -0.2) is 0 Å². The van der Waals surface area contributed by atoms with Crippen LogP contribution in [-0.2, 0) is 20.8 Å². The van der Waals surface area contributed by atoms with Crippen LogP contribution in [0.2, 0.25) is 0 Å². The molecule has 0 bridgehead atoms. The summed E-state index contributed by atoms with van der Waals surface area (Å²) >= 11 is 0. The Morgan fingerprint density at radius 1 is 0.964 bits per heavy atom. The number of nitrogens with zero attached hydrogens (tertiary/aromatic N) is 1. The van der Waals surface area contributed by atoms with Crippen LogP contribution in [0.15, 0.2) is 48.5 Å². The number of carbonyl (C=O) groups excluding carboxylic acids is 3. The summed E-state index contributed by atoms with van der Waals surface area (Å²) < 4.78 is 0. The minimum Gasteiger partial charge on any atom is -0.326 e. The van der Waals surface area contributed by atoms with Crippen LogP contribution >= 0.6 is 0 Å². The number of carbonyl (C=O) groups is 3. The molecule has 0 aliphatic carbocycles. The normalized spacial score (nSPS) is 13.1. The molecule has 2 aromatic carbocycles. The fraction of sp³-hybridized carbons (Fsp3) is 0.227. The number of rotatable bonds is 4. The quantitative estimate of drug-likeness (QED) is 0.799.